The van der Waals surface area contributed by atoms with Crippen molar-refractivity contribution in [1.29, 1.82) is 0 Å². The molecule has 0 saturated heterocycles. The largest absolute Gasteiger partial charge is 0.497 e. The van der Waals surface area contributed by atoms with E-state index in [2.05, 4.69) is 5.32 Å². The Kier molecular flexibility index (Phi) is 4.04. The first kappa shape index (κ1) is 14.5. The van der Waals surface area contributed by atoms with E-state index in [0.717, 1.165) is 30.0 Å². The van der Waals surface area contributed by atoms with Gasteiger partial charge in [-0.15, -0.1) is 0 Å². The average molecular weight is 299 g/mol. The molecule has 1 N–H and O–H groups in total. The fraction of sp³-hybridized carbons (Fsp3) is 0.353. The summed E-state index contributed by atoms with van der Waals surface area (Å²) in [6, 6.07) is 11.8. The fourth-order valence-electron chi connectivity index (χ4n) is 2.48. The Morgan fingerprint density at radius 2 is 2.18 bits per heavy atom. The van der Waals surface area contributed by atoms with Crippen LogP contribution < -0.4 is 10.1 Å². The van der Waals surface area contributed by atoms with Gasteiger partial charge >= 0.3 is 6.03 Å². The number of nitrogens with zero attached hydrogens (tertiary/aromatic N) is 2. The number of carbonyl (C=O) groups excluding carboxylic acids is 1. The van der Waals surface area contributed by atoms with Crippen LogP contribution in [0.3, 0.4) is 0 Å². The molecular weight excluding hydrogens is 278 g/mol. The number of benzene rings is 1. The molecule has 0 atom stereocenters. The molecule has 1 aliphatic rings. The van der Waals surface area contributed by atoms with Crippen LogP contribution in [0.15, 0.2) is 42.6 Å². The lowest BCUT2D eigenvalue weighted by Crippen LogP contribution is -2.36. The average Bonchev–Trinajstić information content (AvgIpc) is 3.28. The van der Waals surface area contributed by atoms with Gasteiger partial charge in [0.1, 0.15) is 5.75 Å². The van der Waals surface area contributed by atoms with Crippen LogP contribution in [0, 0.1) is 0 Å². The number of hydrogen-bond acceptors (Lipinski definition) is 2. The third kappa shape index (κ3) is 3.24. The van der Waals surface area contributed by atoms with Crippen molar-refractivity contribution in [3.63, 3.8) is 0 Å². The van der Waals surface area contributed by atoms with E-state index in [4.69, 9.17) is 4.74 Å². The van der Waals surface area contributed by atoms with Crippen molar-refractivity contribution >= 4 is 11.7 Å². The van der Waals surface area contributed by atoms with Crippen molar-refractivity contribution < 1.29 is 9.53 Å². The van der Waals surface area contributed by atoms with Gasteiger partial charge in [-0.3, -0.25) is 0 Å². The summed E-state index contributed by atoms with van der Waals surface area (Å²) in [5.74, 6) is 0.734. The summed E-state index contributed by atoms with van der Waals surface area (Å²) in [7, 11) is 3.62. The molecule has 116 valence electrons. The number of ether oxygens (including phenoxy) is 1. The van der Waals surface area contributed by atoms with Gasteiger partial charge in [-0.2, -0.15) is 0 Å². The smallest absolute Gasteiger partial charge is 0.322 e. The van der Waals surface area contributed by atoms with Crippen LogP contribution in [-0.4, -0.2) is 28.6 Å². The number of amides is 2. The van der Waals surface area contributed by atoms with Gasteiger partial charge in [0, 0.05) is 36.7 Å². The summed E-state index contributed by atoms with van der Waals surface area (Å²) in [4.78, 5) is 14.5. The fourth-order valence-corrected chi connectivity index (χ4v) is 2.48. The predicted octanol–water partition coefficient (Wildman–Crippen LogP) is 3.23. The minimum absolute atomic E-state index is 0.0584. The van der Waals surface area contributed by atoms with E-state index in [1.54, 1.807) is 7.11 Å². The maximum Gasteiger partial charge on any atom is 0.322 e. The van der Waals surface area contributed by atoms with Crippen molar-refractivity contribution in [3.05, 3.63) is 48.3 Å². The Morgan fingerprint density at radius 1 is 1.36 bits per heavy atom. The molecule has 0 spiro atoms. The van der Waals surface area contributed by atoms with E-state index in [-0.39, 0.29) is 6.03 Å². The second kappa shape index (κ2) is 6.13. The van der Waals surface area contributed by atoms with Crippen LogP contribution in [0.25, 0.3) is 0 Å². The summed E-state index contributed by atoms with van der Waals surface area (Å²) < 4.78 is 7.24. The standard InChI is InChI=1S/C17H21N3O2/c1-19-10-4-6-15(19)12-20(14-8-9-14)17(21)18-13-5-3-7-16(11-13)22-2/h3-7,10-11,14H,8-9,12H2,1-2H3,(H,18,21). The number of urea groups is 1. The van der Waals surface area contributed by atoms with Gasteiger partial charge in [0.05, 0.1) is 13.7 Å². The highest BCUT2D eigenvalue weighted by Crippen LogP contribution is 2.29. The van der Waals surface area contributed by atoms with Gasteiger partial charge in [-0.05, 0) is 37.1 Å². The summed E-state index contributed by atoms with van der Waals surface area (Å²) in [5, 5.41) is 2.97. The zero-order chi connectivity index (χ0) is 15.5. The minimum atomic E-state index is -0.0584. The molecule has 22 heavy (non-hydrogen) atoms. The number of aromatic nitrogens is 1. The van der Waals surface area contributed by atoms with Crippen molar-refractivity contribution in [2.45, 2.75) is 25.4 Å². The molecule has 5 heteroatoms. The van der Waals surface area contributed by atoms with Gasteiger partial charge in [0.2, 0.25) is 0 Å². The molecule has 1 aromatic heterocycles. The highest BCUT2D eigenvalue weighted by molar-refractivity contribution is 5.89. The lowest BCUT2D eigenvalue weighted by molar-refractivity contribution is 0.205. The second-order valence-electron chi connectivity index (χ2n) is 5.63. The van der Waals surface area contributed by atoms with Crippen LogP contribution >= 0.6 is 0 Å². The maximum absolute atomic E-state index is 12.6. The number of nitrogens with one attached hydrogen (secondary N) is 1. The lowest BCUT2D eigenvalue weighted by atomic mass is 10.3. The summed E-state index contributed by atoms with van der Waals surface area (Å²) in [6.45, 7) is 0.629. The molecule has 1 aromatic carbocycles. The molecule has 0 bridgehead atoms. The van der Waals surface area contributed by atoms with Gasteiger partial charge in [-0.25, -0.2) is 4.79 Å². The molecular formula is C17H21N3O2. The van der Waals surface area contributed by atoms with Crippen molar-refractivity contribution in [3.8, 4) is 5.75 Å². The summed E-state index contributed by atoms with van der Waals surface area (Å²) >= 11 is 0. The third-order valence-electron chi connectivity index (χ3n) is 3.95. The molecule has 1 saturated carbocycles. The first-order valence-corrected chi connectivity index (χ1v) is 7.49. The molecule has 2 aromatic rings. The highest BCUT2D eigenvalue weighted by Gasteiger charge is 2.33. The molecule has 5 nitrogen and oxygen atoms in total. The molecule has 3 rings (SSSR count). The Hall–Kier alpha value is -2.43. The zero-order valence-corrected chi connectivity index (χ0v) is 13.0. The monoisotopic (exact) mass is 299 g/mol. The molecule has 0 unspecified atom stereocenters. The lowest BCUT2D eigenvalue weighted by Gasteiger charge is -2.23. The SMILES string of the molecule is COc1cccc(NC(=O)N(Cc2cccn2C)C2CC2)c1. The van der Waals surface area contributed by atoms with Gasteiger partial charge in [0.15, 0.2) is 0 Å². The number of methoxy groups -OCH3 is 1. The van der Waals surface area contributed by atoms with Crippen LogP contribution in [0.2, 0.25) is 0 Å². The van der Waals surface area contributed by atoms with E-state index in [1.165, 1.54) is 0 Å². The van der Waals surface area contributed by atoms with Crippen LogP contribution in [-0.2, 0) is 13.6 Å². The number of rotatable bonds is 5. The molecule has 1 heterocycles. The molecule has 1 aliphatic carbocycles. The predicted molar refractivity (Wildman–Crippen MR) is 86.0 cm³/mol. The summed E-state index contributed by atoms with van der Waals surface area (Å²) in [5.41, 5.74) is 1.88. The number of hydrogen-bond donors (Lipinski definition) is 1. The third-order valence-corrected chi connectivity index (χ3v) is 3.95. The second-order valence-corrected chi connectivity index (χ2v) is 5.63. The maximum atomic E-state index is 12.6. The van der Waals surface area contributed by atoms with E-state index in [0.29, 0.717) is 12.6 Å². The molecule has 0 radical (unpaired) electrons. The van der Waals surface area contributed by atoms with Crippen LogP contribution in [0.5, 0.6) is 5.75 Å². The highest BCUT2D eigenvalue weighted by atomic mass is 16.5. The Morgan fingerprint density at radius 3 is 2.82 bits per heavy atom. The number of anilines is 1. The quantitative estimate of drug-likeness (QED) is 0.921. The Labute approximate surface area is 130 Å². The van der Waals surface area contributed by atoms with Gasteiger partial charge in [0.25, 0.3) is 0 Å². The number of aryl methyl sites for hydroxylation is 1. The first-order valence-electron chi connectivity index (χ1n) is 7.49. The first-order chi connectivity index (χ1) is 10.7. The van der Waals surface area contributed by atoms with Crippen molar-refractivity contribution in [1.82, 2.24) is 9.47 Å². The normalized spacial score (nSPS) is 13.7. The van der Waals surface area contributed by atoms with Crippen LogP contribution in [0.4, 0.5) is 10.5 Å². The zero-order valence-electron chi connectivity index (χ0n) is 13.0. The summed E-state index contributed by atoms with van der Waals surface area (Å²) in [6.07, 6.45) is 4.16. The van der Waals surface area contributed by atoms with Gasteiger partial charge < -0.3 is 19.5 Å². The Balaban J connectivity index is 1.71. The molecule has 2 amide bonds. The van der Waals surface area contributed by atoms with Crippen LogP contribution in [0.1, 0.15) is 18.5 Å². The minimum Gasteiger partial charge on any atom is -0.497 e. The van der Waals surface area contributed by atoms with Crippen molar-refractivity contribution in [2.75, 3.05) is 12.4 Å². The van der Waals surface area contributed by atoms with Crippen molar-refractivity contribution in [2.24, 2.45) is 7.05 Å². The van der Waals surface area contributed by atoms with E-state index >= 15 is 0 Å². The molecule has 1 fully saturated rings. The topological polar surface area (TPSA) is 46.5 Å². The van der Waals surface area contributed by atoms with E-state index in [9.17, 15) is 4.79 Å². The number of carbonyl (C=O) groups is 1. The van der Waals surface area contributed by atoms with Gasteiger partial charge in [-0.1, -0.05) is 6.07 Å². The Bertz CT molecular complexity index is 661. The van der Waals surface area contributed by atoms with E-state index in [1.807, 2.05) is 59.1 Å². The molecule has 0 aliphatic heterocycles. The van der Waals surface area contributed by atoms with E-state index < -0.39 is 0 Å².